The molecule has 6 aromatic rings. The van der Waals surface area contributed by atoms with Crippen molar-refractivity contribution in [1.82, 2.24) is 9.97 Å². The molecule has 3 nitrogen and oxygen atoms in total. The topological polar surface area (TPSA) is 38.9 Å². The molecule has 0 saturated heterocycles. The fourth-order valence-corrected chi connectivity index (χ4v) is 7.19. The lowest BCUT2D eigenvalue weighted by atomic mass is 9.85. The quantitative estimate of drug-likeness (QED) is 0.251. The minimum absolute atomic E-state index is 0.0483. The van der Waals surface area contributed by atoms with Crippen molar-refractivity contribution in [2.45, 2.75) is 53.4 Å². The minimum Gasteiger partial charge on any atom is -0.459 e. The fraction of sp³-hybridized carbons (Fsp3) is 0.310. The number of thiophene rings is 2. The second-order valence-electron chi connectivity index (χ2n) is 10.7. The zero-order valence-corrected chi connectivity index (χ0v) is 22.1. The van der Waals surface area contributed by atoms with E-state index in [1.54, 1.807) is 17.7 Å². The normalized spacial score (nSPS) is 12.8. The maximum Gasteiger partial charge on any atom is 0.152 e. The van der Waals surface area contributed by atoms with Crippen molar-refractivity contribution in [1.29, 1.82) is 0 Å². The van der Waals surface area contributed by atoms with Crippen LogP contribution in [0.4, 0.5) is 0 Å². The zero-order valence-electron chi connectivity index (χ0n) is 20.4. The Balaban J connectivity index is 1.65. The van der Waals surface area contributed by atoms with E-state index in [0.29, 0.717) is 5.92 Å². The third-order valence-corrected chi connectivity index (χ3v) is 8.74. The standard InChI is InChI=1S/C29H28N2OS2/c1-15(2)11-22-16(3)19-7-8-20-23-24(30-14-31-28(23)34-27(20)25(19)32-22)18-12-17-9-10-33-26(17)21(13-18)29(4,5)6/h7-10,12-15H,11H2,1-6H3. The van der Waals surface area contributed by atoms with E-state index in [2.05, 4.69) is 82.2 Å². The average Bonchev–Trinajstić information content (AvgIpc) is 3.47. The molecule has 0 aliphatic carbocycles. The molecule has 0 N–H and O–H groups in total. The van der Waals surface area contributed by atoms with Crippen LogP contribution in [0.15, 0.2) is 46.5 Å². The van der Waals surface area contributed by atoms with Crippen LogP contribution >= 0.6 is 22.7 Å². The Morgan fingerprint density at radius 2 is 1.79 bits per heavy atom. The average molecular weight is 485 g/mol. The van der Waals surface area contributed by atoms with Crippen molar-refractivity contribution in [3.63, 3.8) is 0 Å². The molecule has 172 valence electrons. The predicted molar refractivity (Wildman–Crippen MR) is 147 cm³/mol. The maximum absolute atomic E-state index is 6.47. The Labute approximate surface area is 207 Å². The molecule has 4 aromatic heterocycles. The molecule has 0 spiro atoms. The molecule has 34 heavy (non-hydrogen) atoms. The van der Waals surface area contributed by atoms with Crippen molar-refractivity contribution in [3.05, 3.63) is 58.9 Å². The molecule has 0 bridgehead atoms. The summed E-state index contributed by atoms with van der Waals surface area (Å²) in [6.07, 6.45) is 2.66. The molecule has 0 radical (unpaired) electrons. The molecule has 4 heterocycles. The summed E-state index contributed by atoms with van der Waals surface area (Å²) in [6.45, 7) is 13.5. The van der Waals surface area contributed by atoms with Crippen LogP contribution in [0.2, 0.25) is 0 Å². The molecule has 0 amide bonds. The van der Waals surface area contributed by atoms with Crippen molar-refractivity contribution in [2.75, 3.05) is 0 Å². The Morgan fingerprint density at radius 1 is 1.00 bits per heavy atom. The summed E-state index contributed by atoms with van der Waals surface area (Å²) in [5.74, 6) is 1.65. The SMILES string of the molecule is Cc1c(CC(C)C)oc2c1ccc1c2sc2ncnc(-c3cc(C(C)(C)C)c4sccc4c3)c21. The number of hydrogen-bond donors (Lipinski definition) is 0. The number of furan rings is 1. The van der Waals surface area contributed by atoms with Gasteiger partial charge in [0.25, 0.3) is 0 Å². The van der Waals surface area contributed by atoms with E-state index in [1.807, 2.05) is 11.3 Å². The number of hydrogen-bond acceptors (Lipinski definition) is 5. The van der Waals surface area contributed by atoms with Gasteiger partial charge in [-0.05, 0) is 58.3 Å². The lowest BCUT2D eigenvalue weighted by molar-refractivity contribution is 0.498. The molecule has 5 heteroatoms. The third-order valence-electron chi connectivity index (χ3n) is 6.67. The van der Waals surface area contributed by atoms with E-state index in [0.717, 1.165) is 39.2 Å². The van der Waals surface area contributed by atoms with Crippen molar-refractivity contribution >= 4 is 64.0 Å². The van der Waals surface area contributed by atoms with Gasteiger partial charge in [0, 0.05) is 32.8 Å². The van der Waals surface area contributed by atoms with Crippen LogP contribution in [0.25, 0.3) is 52.6 Å². The molecular formula is C29H28N2OS2. The van der Waals surface area contributed by atoms with E-state index in [-0.39, 0.29) is 5.41 Å². The summed E-state index contributed by atoms with van der Waals surface area (Å²) in [5, 5.41) is 6.97. The fourth-order valence-electron chi connectivity index (χ4n) is 4.95. The van der Waals surface area contributed by atoms with Gasteiger partial charge in [-0.25, -0.2) is 9.97 Å². The highest BCUT2D eigenvalue weighted by molar-refractivity contribution is 7.26. The first-order valence-corrected chi connectivity index (χ1v) is 13.5. The first-order valence-electron chi connectivity index (χ1n) is 11.8. The van der Waals surface area contributed by atoms with Crippen LogP contribution in [0.1, 0.15) is 51.5 Å². The second kappa shape index (κ2) is 7.62. The van der Waals surface area contributed by atoms with Crippen LogP contribution in [0.3, 0.4) is 0 Å². The van der Waals surface area contributed by atoms with E-state index in [9.17, 15) is 0 Å². The van der Waals surface area contributed by atoms with Gasteiger partial charge in [0.05, 0.1) is 10.4 Å². The molecule has 6 rings (SSSR count). The maximum atomic E-state index is 6.47. The molecule has 0 atom stereocenters. The predicted octanol–water partition coefficient (Wildman–Crippen LogP) is 9.28. The van der Waals surface area contributed by atoms with Crippen LogP contribution in [-0.4, -0.2) is 9.97 Å². The lowest BCUT2D eigenvalue weighted by Gasteiger charge is -2.21. The Kier molecular flexibility index (Phi) is 4.88. The van der Waals surface area contributed by atoms with Crippen LogP contribution in [0.5, 0.6) is 0 Å². The van der Waals surface area contributed by atoms with Gasteiger partial charge in [0.1, 0.15) is 16.9 Å². The molecule has 0 fully saturated rings. The Morgan fingerprint density at radius 3 is 2.56 bits per heavy atom. The summed E-state index contributed by atoms with van der Waals surface area (Å²) in [6, 6.07) is 11.3. The van der Waals surface area contributed by atoms with Gasteiger partial charge in [-0.3, -0.25) is 0 Å². The van der Waals surface area contributed by atoms with Gasteiger partial charge in [-0.1, -0.05) is 46.8 Å². The van der Waals surface area contributed by atoms with Gasteiger partial charge in [-0.15, -0.1) is 22.7 Å². The van der Waals surface area contributed by atoms with Crippen LogP contribution < -0.4 is 0 Å². The first kappa shape index (κ1) is 21.8. The van der Waals surface area contributed by atoms with Gasteiger partial charge in [-0.2, -0.15) is 0 Å². The highest BCUT2D eigenvalue weighted by Gasteiger charge is 2.23. The number of rotatable bonds is 3. The van der Waals surface area contributed by atoms with E-state index in [1.165, 1.54) is 36.7 Å². The van der Waals surface area contributed by atoms with Crippen molar-refractivity contribution < 1.29 is 4.42 Å². The van der Waals surface area contributed by atoms with Gasteiger partial charge in [0.15, 0.2) is 5.58 Å². The lowest BCUT2D eigenvalue weighted by Crippen LogP contribution is -2.11. The smallest absolute Gasteiger partial charge is 0.152 e. The molecular weight excluding hydrogens is 456 g/mol. The number of fused-ring (bicyclic) bond motifs is 6. The largest absolute Gasteiger partial charge is 0.459 e. The summed E-state index contributed by atoms with van der Waals surface area (Å²) in [4.78, 5) is 10.5. The van der Waals surface area contributed by atoms with E-state index >= 15 is 0 Å². The second-order valence-corrected chi connectivity index (χ2v) is 12.6. The molecule has 0 saturated carbocycles. The van der Waals surface area contributed by atoms with Gasteiger partial charge in [0.2, 0.25) is 0 Å². The van der Waals surface area contributed by atoms with Crippen molar-refractivity contribution in [3.8, 4) is 11.3 Å². The first-order chi connectivity index (χ1) is 16.2. The highest BCUT2D eigenvalue weighted by atomic mass is 32.1. The Hall–Kier alpha value is -2.76. The summed E-state index contributed by atoms with van der Waals surface area (Å²) in [7, 11) is 0. The van der Waals surface area contributed by atoms with Crippen LogP contribution in [0, 0.1) is 12.8 Å². The summed E-state index contributed by atoms with van der Waals surface area (Å²) >= 11 is 3.53. The van der Waals surface area contributed by atoms with Gasteiger partial charge < -0.3 is 4.42 Å². The van der Waals surface area contributed by atoms with Gasteiger partial charge >= 0.3 is 0 Å². The van der Waals surface area contributed by atoms with E-state index < -0.39 is 0 Å². The highest BCUT2D eigenvalue weighted by Crippen LogP contribution is 2.44. The summed E-state index contributed by atoms with van der Waals surface area (Å²) < 4.78 is 9.00. The number of aryl methyl sites for hydroxylation is 1. The number of benzene rings is 2. The molecule has 0 unspecified atom stereocenters. The van der Waals surface area contributed by atoms with E-state index in [4.69, 9.17) is 9.40 Å². The minimum atomic E-state index is 0.0483. The zero-order chi connectivity index (χ0) is 23.8. The molecule has 0 aliphatic heterocycles. The monoisotopic (exact) mass is 484 g/mol. The third kappa shape index (κ3) is 3.29. The summed E-state index contributed by atoms with van der Waals surface area (Å²) in [5.41, 5.74) is 5.81. The Bertz CT molecular complexity index is 1710. The number of nitrogens with zero attached hydrogens (tertiary/aromatic N) is 2. The van der Waals surface area contributed by atoms with Crippen molar-refractivity contribution in [2.24, 2.45) is 5.92 Å². The molecule has 0 aliphatic rings. The molecule has 2 aromatic carbocycles. The number of aromatic nitrogens is 2. The van der Waals surface area contributed by atoms with Crippen LogP contribution in [-0.2, 0) is 11.8 Å².